The SMILES string of the molecule is C=c1[nH]c2ccc(C#N)cc2/c1=C/c1[nH]c(C)c(C=O)c1C. The molecule has 0 aliphatic rings. The molecule has 0 saturated carbocycles. The number of nitriles is 1. The molecule has 0 atom stereocenters. The zero-order valence-corrected chi connectivity index (χ0v) is 12.4. The highest BCUT2D eigenvalue weighted by molar-refractivity contribution is 5.85. The summed E-state index contributed by atoms with van der Waals surface area (Å²) in [6.07, 6.45) is 2.84. The van der Waals surface area contributed by atoms with Gasteiger partial charge in [-0.1, -0.05) is 6.58 Å². The van der Waals surface area contributed by atoms with Crippen LogP contribution in [0.15, 0.2) is 18.2 Å². The molecule has 3 rings (SSSR count). The number of aromatic amines is 2. The van der Waals surface area contributed by atoms with Gasteiger partial charge in [0.05, 0.1) is 11.6 Å². The lowest BCUT2D eigenvalue weighted by atomic mass is 10.1. The van der Waals surface area contributed by atoms with Crippen LogP contribution >= 0.6 is 0 Å². The average molecular weight is 289 g/mol. The van der Waals surface area contributed by atoms with Gasteiger partial charge in [-0.05, 0) is 43.7 Å². The number of aryl methyl sites for hydroxylation is 1. The molecule has 0 aliphatic carbocycles. The number of nitrogens with one attached hydrogen (secondary N) is 2. The number of aromatic nitrogens is 2. The molecule has 108 valence electrons. The van der Waals surface area contributed by atoms with E-state index in [9.17, 15) is 4.79 Å². The van der Waals surface area contributed by atoms with Crippen LogP contribution in [-0.2, 0) is 0 Å². The van der Waals surface area contributed by atoms with Crippen molar-refractivity contribution in [1.82, 2.24) is 9.97 Å². The third-order valence-electron chi connectivity index (χ3n) is 3.99. The minimum absolute atomic E-state index is 0.606. The minimum atomic E-state index is 0.606. The van der Waals surface area contributed by atoms with Gasteiger partial charge >= 0.3 is 0 Å². The van der Waals surface area contributed by atoms with Crippen LogP contribution in [0.25, 0.3) is 23.6 Å². The van der Waals surface area contributed by atoms with E-state index in [-0.39, 0.29) is 0 Å². The van der Waals surface area contributed by atoms with Gasteiger partial charge in [0.15, 0.2) is 6.29 Å². The maximum atomic E-state index is 11.1. The Morgan fingerprint density at radius 1 is 1.27 bits per heavy atom. The first kappa shape index (κ1) is 13.9. The lowest BCUT2D eigenvalue weighted by molar-refractivity contribution is 0.112. The van der Waals surface area contributed by atoms with Crippen LogP contribution in [0.5, 0.6) is 0 Å². The van der Waals surface area contributed by atoms with E-state index in [4.69, 9.17) is 5.26 Å². The van der Waals surface area contributed by atoms with Gasteiger partial charge in [-0.15, -0.1) is 0 Å². The van der Waals surface area contributed by atoms with Crippen molar-refractivity contribution >= 4 is 29.8 Å². The number of H-pyrrole nitrogens is 2. The molecule has 1 aromatic carbocycles. The Hall–Kier alpha value is -3.06. The van der Waals surface area contributed by atoms with Crippen LogP contribution in [0.4, 0.5) is 0 Å². The number of nitrogens with zero attached hydrogens (tertiary/aromatic N) is 1. The molecule has 0 aliphatic heterocycles. The molecule has 3 aromatic rings. The van der Waals surface area contributed by atoms with Crippen molar-refractivity contribution in [2.45, 2.75) is 13.8 Å². The lowest BCUT2D eigenvalue weighted by Crippen LogP contribution is -2.21. The molecule has 0 amide bonds. The zero-order chi connectivity index (χ0) is 15.9. The largest absolute Gasteiger partial charge is 0.358 e. The fourth-order valence-corrected chi connectivity index (χ4v) is 2.76. The molecular weight excluding hydrogens is 274 g/mol. The van der Waals surface area contributed by atoms with Gasteiger partial charge in [-0.3, -0.25) is 4.79 Å². The Kier molecular flexibility index (Phi) is 3.19. The highest BCUT2D eigenvalue weighted by atomic mass is 16.1. The number of hydrogen-bond donors (Lipinski definition) is 2. The van der Waals surface area contributed by atoms with Crippen LogP contribution in [-0.4, -0.2) is 16.3 Å². The Labute approximate surface area is 127 Å². The molecule has 0 saturated heterocycles. The van der Waals surface area contributed by atoms with Crippen LogP contribution < -0.4 is 10.6 Å². The maximum absolute atomic E-state index is 11.1. The van der Waals surface area contributed by atoms with E-state index in [1.54, 1.807) is 6.07 Å². The van der Waals surface area contributed by atoms with Gasteiger partial charge in [-0.25, -0.2) is 0 Å². The van der Waals surface area contributed by atoms with E-state index in [0.29, 0.717) is 11.1 Å². The third kappa shape index (κ3) is 2.04. The summed E-state index contributed by atoms with van der Waals surface area (Å²) >= 11 is 0. The summed E-state index contributed by atoms with van der Waals surface area (Å²) in [5.74, 6) is 0. The van der Waals surface area contributed by atoms with Gasteiger partial charge in [0.2, 0.25) is 0 Å². The maximum Gasteiger partial charge on any atom is 0.152 e. The molecule has 0 unspecified atom stereocenters. The van der Waals surface area contributed by atoms with Gasteiger partial charge in [0, 0.05) is 38.4 Å². The molecule has 22 heavy (non-hydrogen) atoms. The van der Waals surface area contributed by atoms with E-state index in [1.807, 2.05) is 32.1 Å². The second kappa shape index (κ2) is 5.05. The third-order valence-corrected chi connectivity index (χ3v) is 3.99. The zero-order valence-electron chi connectivity index (χ0n) is 12.4. The molecule has 0 bridgehead atoms. The van der Waals surface area contributed by atoms with Gasteiger partial charge in [0.1, 0.15) is 0 Å². The number of benzene rings is 1. The summed E-state index contributed by atoms with van der Waals surface area (Å²) in [5, 5.41) is 11.7. The molecule has 2 heterocycles. The van der Waals surface area contributed by atoms with Crippen molar-refractivity contribution in [1.29, 1.82) is 5.26 Å². The fourth-order valence-electron chi connectivity index (χ4n) is 2.76. The predicted molar refractivity (Wildman–Crippen MR) is 87.0 cm³/mol. The van der Waals surface area contributed by atoms with E-state index in [2.05, 4.69) is 22.6 Å². The Morgan fingerprint density at radius 2 is 2.05 bits per heavy atom. The molecular formula is C18H15N3O. The molecule has 4 nitrogen and oxygen atoms in total. The van der Waals surface area contributed by atoms with E-state index in [1.165, 1.54) is 0 Å². The number of fused-ring (bicyclic) bond motifs is 1. The van der Waals surface area contributed by atoms with Crippen molar-refractivity contribution in [2.24, 2.45) is 0 Å². The van der Waals surface area contributed by atoms with Crippen LogP contribution in [0.1, 0.15) is 32.9 Å². The van der Waals surface area contributed by atoms with Crippen molar-refractivity contribution in [3.8, 4) is 6.07 Å². The van der Waals surface area contributed by atoms with Crippen molar-refractivity contribution < 1.29 is 4.79 Å². The molecule has 0 radical (unpaired) electrons. The van der Waals surface area contributed by atoms with Crippen LogP contribution in [0.3, 0.4) is 0 Å². The standard InChI is InChI=1S/C18H15N3O/c1-10-16(9-22)12(3)21-18(10)7-14-11(2)20-17-5-4-13(8-19)6-15(14)17/h4-7,9,20-21H,2H2,1,3H3/b14-7+. The number of carbonyl (C=O) groups excluding carboxylic acids is 1. The first-order chi connectivity index (χ1) is 10.5. The summed E-state index contributed by atoms with van der Waals surface area (Å²) < 4.78 is 0. The molecule has 0 fully saturated rings. The minimum Gasteiger partial charge on any atom is -0.358 e. The van der Waals surface area contributed by atoms with Crippen molar-refractivity contribution in [3.63, 3.8) is 0 Å². The van der Waals surface area contributed by atoms with Crippen LogP contribution in [0.2, 0.25) is 0 Å². The summed E-state index contributed by atoms with van der Waals surface area (Å²) in [5.41, 5.74) is 4.88. The quantitative estimate of drug-likeness (QED) is 0.709. The molecule has 2 aromatic heterocycles. The summed E-state index contributed by atoms with van der Waals surface area (Å²) in [6.45, 7) is 7.83. The molecule has 2 N–H and O–H groups in total. The van der Waals surface area contributed by atoms with E-state index >= 15 is 0 Å². The highest BCUT2D eigenvalue weighted by Gasteiger charge is 2.09. The van der Waals surface area contributed by atoms with Gasteiger partial charge in [-0.2, -0.15) is 5.26 Å². The van der Waals surface area contributed by atoms with Crippen molar-refractivity contribution in [3.05, 3.63) is 56.8 Å². The number of carbonyl (C=O) groups is 1. The number of aldehydes is 1. The second-order valence-electron chi connectivity index (χ2n) is 5.35. The Balaban J connectivity index is 2.35. The molecule has 0 spiro atoms. The van der Waals surface area contributed by atoms with Crippen molar-refractivity contribution in [2.75, 3.05) is 0 Å². The predicted octanol–water partition coefficient (Wildman–Crippen LogP) is 2.04. The topological polar surface area (TPSA) is 72.4 Å². The first-order valence-electron chi connectivity index (χ1n) is 6.92. The van der Waals surface area contributed by atoms with Gasteiger partial charge in [0.25, 0.3) is 0 Å². The Morgan fingerprint density at radius 3 is 2.68 bits per heavy atom. The fraction of sp³-hybridized carbons (Fsp3) is 0.111. The normalized spacial score (nSPS) is 11.8. The number of hydrogen-bond acceptors (Lipinski definition) is 2. The van der Waals surface area contributed by atoms with E-state index in [0.717, 1.165) is 44.7 Å². The van der Waals surface area contributed by atoms with E-state index < -0.39 is 0 Å². The summed E-state index contributed by atoms with van der Waals surface area (Å²) in [4.78, 5) is 17.6. The first-order valence-corrected chi connectivity index (χ1v) is 6.92. The van der Waals surface area contributed by atoms with Gasteiger partial charge < -0.3 is 9.97 Å². The van der Waals surface area contributed by atoms with Crippen LogP contribution in [0, 0.1) is 25.2 Å². The Bertz CT molecular complexity index is 1040. The number of rotatable bonds is 2. The second-order valence-corrected chi connectivity index (χ2v) is 5.35. The summed E-state index contributed by atoms with van der Waals surface area (Å²) in [7, 11) is 0. The monoisotopic (exact) mass is 289 g/mol. The lowest BCUT2D eigenvalue weighted by Gasteiger charge is -1.93. The average Bonchev–Trinajstić information content (AvgIpc) is 2.96. The smallest absolute Gasteiger partial charge is 0.152 e. The highest BCUT2D eigenvalue weighted by Crippen LogP contribution is 2.16. The molecule has 4 heteroatoms. The summed E-state index contributed by atoms with van der Waals surface area (Å²) in [6, 6.07) is 7.65.